The minimum Gasteiger partial charge on any atom is -0.319 e. The third-order valence-corrected chi connectivity index (χ3v) is 5.09. The van der Waals surface area contributed by atoms with Crippen molar-refractivity contribution in [3.05, 3.63) is 57.4 Å². The third-order valence-electron chi connectivity index (χ3n) is 4.08. The summed E-state index contributed by atoms with van der Waals surface area (Å²) in [7, 11) is 0. The van der Waals surface area contributed by atoms with Crippen LogP contribution in [-0.2, 0) is 5.75 Å². The average Bonchev–Trinajstić information content (AvgIpc) is 3.02. The highest BCUT2D eigenvalue weighted by atomic mass is 32.2. The van der Waals surface area contributed by atoms with Gasteiger partial charge in [0, 0.05) is 11.4 Å². The zero-order valence-electron chi connectivity index (χ0n) is 14.1. The van der Waals surface area contributed by atoms with Crippen molar-refractivity contribution < 1.29 is 0 Å². The van der Waals surface area contributed by atoms with Crippen LogP contribution in [0.5, 0.6) is 0 Å². The molecular formula is C17H16N6OS. The molecule has 0 aliphatic heterocycles. The van der Waals surface area contributed by atoms with Gasteiger partial charge in [-0.3, -0.25) is 4.79 Å². The van der Waals surface area contributed by atoms with Crippen LogP contribution in [0.25, 0.3) is 16.8 Å². The SMILES string of the molecule is Cc1cc(SCc2nc3cc(C)c(C)cc3[nH]c2=O)n2ncnc2n1. The first kappa shape index (κ1) is 15.8. The van der Waals surface area contributed by atoms with Crippen LogP contribution < -0.4 is 5.56 Å². The standard InChI is InChI=1S/C17H16N6OS/c1-9-4-12-13(5-10(9)2)22-16(24)14(21-12)7-25-15-6-11(3)20-17-18-8-19-23(15)17/h4-6,8H,7H2,1-3H3,(H,22,24). The molecule has 4 aromatic rings. The summed E-state index contributed by atoms with van der Waals surface area (Å²) in [5.41, 5.74) is 5.03. The number of aryl methyl sites for hydroxylation is 3. The van der Waals surface area contributed by atoms with Crippen LogP contribution in [0.3, 0.4) is 0 Å². The van der Waals surface area contributed by atoms with Gasteiger partial charge >= 0.3 is 0 Å². The van der Waals surface area contributed by atoms with Crippen molar-refractivity contribution in [1.29, 1.82) is 0 Å². The molecule has 0 spiro atoms. The second kappa shape index (κ2) is 5.96. The lowest BCUT2D eigenvalue weighted by molar-refractivity contribution is 0.833. The maximum Gasteiger partial charge on any atom is 0.271 e. The van der Waals surface area contributed by atoms with Crippen molar-refractivity contribution in [2.24, 2.45) is 0 Å². The summed E-state index contributed by atoms with van der Waals surface area (Å²) in [6, 6.07) is 5.89. The zero-order valence-corrected chi connectivity index (χ0v) is 14.9. The number of aromatic amines is 1. The summed E-state index contributed by atoms with van der Waals surface area (Å²) >= 11 is 1.49. The minimum absolute atomic E-state index is 0.163. The molecule has 1 N–H and O–H groups in total. The number of H-pyrrole nitrogens is 1. The highest BCUT2D eigenvalue weighted by Crippen LogP contribution is 2.22. The van der Waals surface area contributed by atoms with Gasteiger partial charge in [0.05, 0.1) is 11.0 Å². The molecular weight excluding hydrogens is 336 g/mol. The van der Waals surface area contributed by atoms with E-state index >= 15 is 0 Å². The molecule has 0 fully saturated rings. The Morgan fingerprint density at radius 2 is 1.92 bits per heavy atom. The monoisotopic (exact) mass is 352 g/mol. The Bertz CT molecular complexity index is 1160. The van der Waals surface area contributed by atoms with Crippen LogP contribution in [0.1, 0.15) is 22.5 Å². The van der Waals surface area contributed by atoms with Gasteiger partial charge in [-0.2, -0.15) is 14.6 Å². The normalized spacial score (nSPS) is 11.5. The first-order valence-corrected chi connectivity index (χ1v) is 8.80. The summed E-state index contributed by atoms with van der Waals surface area (Å²) in [5, 5.41) is 5.06. The Morgan fingerprint density at radius 3 is 2.76 bits per heavy atom. The van der Waals surface area contributed by atoms with Crippen LogP contribution in [0.15, 0.2) is 34.3 Å². The topological polar surface area (TPSA) is 88.8 Å². The van der Waals surface area contributed by atoms with Crippen molar-refractivity contribution in [3.63, 3.8) is 0 Å². The lowest BCUT2D eigenvalue weighted by atomic mass is 10.1. The largest absolute Gasteiger partial charge is 0.319 e. The van der Waals surface area contributed by atoms with Gasteiger partial charge in [-0.1, -0.05) is 11.8 Å². The molecule has 0 radical (unpaired) electrons. The molecule has 0 unspecified atom stereocenters. The van der Waals surface area contributed by atoms with E-state index in [-0.39, 0.29) is 5.56 Å². The number of nitrogens with zero attached hydrogens (tertiary/aromatic N) is 5. The van der Waals surface area contributed by atoms with Gasteiger partial charge in [-0.25, -0.2) is 9.97 Å². The summed E-state index contributed by atoms with van der Waals surface area (Å²) in [6.07, 6.45) is 1.47. The molecule has 0 amide bonds. The average molecular weight is 352 g/mol. The van der Waals surface area contributed by atoms with E-state index in [9.17, 15) is 4.79 Å². The molecule has 8 heteroatoms. The molecule has 7 nitrogen and oxygen atoms in total. The van der Waals surface area contributed by atoms with Crippen LogP contribution in [0.2, 0.25) is 0 Å². The molecule has 3 heterocycles. The van der Waals surface area contributed by atoms with E-state index in [2.05, 4.69) is 25.0 Å². The van der Waals surface area contributed by atoms with Gasteiger partial charge in [0.15, 0.2) is 0 Å². The quantitative estimate of drug-likeness (QED) is 0.450. The molecule has 0 saturated carbocycles. The van der Waals surface area contributed by atoms with Gasteiger partial charge in [0.1, 0.15) is 17.0 Å². The summed E-state index contributed by atoms with van der Waals surface area (Å²) < 4.78 is 1.67. The zero-order chi connectivity index (χ0) is 17.6. The molecule has 0 atom stereocenters. The van der Waals surface area contributed by atoms with E-state index in [4.69, 9.17) is 0 Å². The Kier molecular flexibility index (Phi) is 3.76. The molecule has 0 bridgehead atoms. The predicted molar refractivity (Wildman–Crippen MR) is 96.9 cm³/mol. The molecule has 0 aliphatic rings. The number of hydrogen-bond donors (Lipinski definition) is 1. The summed E-state index contributed by atoms with van der Waals surface area (Å²) in [6.45, 7) is 5.97. The molecule has 1 aromatic carbocycles. The van der Waals surface area contributed by atoms with Gasteiger partial charge in [0.2, 0.25) is 0 Å². The number of benzene rings is 1. The molecule has 25 heavy (non-hydrogen) atoms. The van der Waals surface area contributed by atoms with E-state index in [1.165, 1.54) is 18.1 Å². The van der Waals surface area contributed by atoms with E-state index in [1.807, 2.05) is 39.0 Å². The fraction of sp³-hybridized carbons (Fsp3) is 0.235. The first-order valence-electron chi connectivity index (χ1n) is 7.81. The molecule has 126 valence electrons. The Morgan fingerprint density at radius 1 is 1.12 bits per heavy atom. The highest BCUT2D eigenvalue weighted by Gasteiger charge is 2.10. The third kappa shape index (κ3) is 2.89. The van der Waals surface area contributed by atoms with Gasteiger partial charge in [0.25, 0.3) is 11.3 Å². The lowest BCUT2D eigenvalue weighted by Crippen LogP contribution is -2.14. The number of rotatable bonds is 3. The van der Waals surface area contributed by atoms with Gasteiger partial charge in [-0.05, 0) is 50.1 Å². The number of aromatic nitrogens is 6. The van der Waals surface area contributed by atoms with Crippen molar-refractivity contribution in [2.45, 2.75) is 31.6 Å². The maximum absolute atomic E-state index is 12.4. The molecule has 0 saturated heterocycles. The summed E-state index contributed by atoms with van der Waals surface area (Å²) in [5.74, 6) is 0.991. The van der Waals surface area contributed by atoms with Crippen LogP contribution in [0.4, 0.5) is 0 Å². The number of hydrogen-bond acceptors (Lipinski definition) is 6. The summed E-state index contributed by atoms with van der Waals surface area (Å²) in [4.78, 5) is 28.3. The Balaban J connectivity index is 1.70. The smallest absolute Gasteiger partial charge is 0.271 e. The van der Waals surface area contributed by atoms with Crippen molar-refractivity contribution >= 4 is 28.6 Å². The maximum atomic E-state index is 12.4. The van der Waals surface area contributed by atoms with E-state index < -0.39 is 0 Å². The second-order valence-electron chi connectivity index (χ2n) is 5.96. The van der Waals surface area contributed by atoms with E-state index in [0.717, 1.165) is 32.9 Å². The van der Waals surface area contributed by atoms with Crippen molar-refractivity contribution in [2.75, 3.05) is 0 Å². The second-order valence-corrected chi connectivity index (χ2v) is 6.96. The molecule has 0 aliphatic carbocycles. The number of nitrogens with one attached hydrogen (secondary N) is 1. The first-order chi connectivity index (χ1) is 12.0. The van der Waals surface area contributed by atoms with Crippen LogP contribution in [0, 0.1) is 20.8 Å². The van der Waals surface area contributed by atoms with Crippen LogP contribution >= 0.6 is 11.8 Å². The van der Waals surface area contributed by atoms with Gasteiger partial charge < -0.3 is 4.98 Å². The molecule has 3 aromatic heterocycles. The number of thioether (sulfide) groups is 1. The van der Waals surface area contributed by atoms with Crippen molar-refractivity contribution in [1.82, 2.24) is 29.5 Å². The fourth-order valence-corrected chi connectivity index (χ4v) is 3.61. The van der Waals surface area contributed by atoms with Crippen LogP contribution in [-0.4, -0.2) is 29.5 Å². The predicted octanol–water partition coefficient (Wildman–Crippen LogP) is 2.58. The molecule has 4 rings (SSSR count). The van der Waals surface area contributed by atoms with Crippen molar-refractivity contribution in [3.8, 4) is 0 Å². The lowest BCUT2D eigenvalue weighted by Gasteiger charge is -2.07. The number of fused-ring (bicyclic) bond motifs is 2. The minimum atomic E-state index is -0.163. The Labute approximate surface area is 147 Å². The van der Waals surface area contributed by atoms with E-state index in [1.54, 1.807) is 4.52 Å². The fourth-order valence-electron chi connectivity index (χ4n) is 2.62. The van der Waals surface area contributed by atoms with Gasteiger partial charge in [-0.15, -0.1) is 0 Å². The van der Waals surface area contributed by atoms with E-state index in [0.29, 0.717) is 17.2 Å². The highest BCUT2D eigenvalue weighted by molar-refractivity contribution is 7.98. The Hall–Kier alpha value is -2.74.